The Morgan fingerprint density at radius 2 is 1.72 bits per heavy atom. The van der Waals surface area contributed by atoms with Crippen LogP contribution in [0.3, 0.4) is 0 Å². The van der Waals surface area contributed by atoms with E-state index in [2.05, 4.69) is 5.09 Å². The Labute approximate surface area is 147 Å². The van der Waals surface area contributed by atoms with Gasteiger partial charge in [0, 0.05) is 12.6 Å². The smallest absolute Gasteiger partial charge is 0.481 e. The van der Waals surface area contributed by atoms with Gasteiger partial charge >= 0.3 is 68.5 Å². The predicted molar refractivity (Wildman–Crippen MR) is 58.5 cm³/mol. The topological polar surface area (TPSA) is 107 Å². The van der Waals surface area contributed by atoms with E-state index in [0.29, 0.717) is 0 Å². The molecule has 4 N–H and O–H groups in total. The van der Waals surface area contributed by atoms with Crippen molar-refractivity contribution in [3.8, 4) is 0 Å². The van der Waals surface area contributed by atoms with Crippen LogP contribution >= 0.6 is 6.42 Å². The van der Waals surface area contributed by atoms with Gasteiger partial charge in [0.15, 0.2) is 0 Å². The number of carbonyl (C=O) groups is 2. The van der Waals surface area contributed by atoms with Gasteiger partial charge in [-0.2, -0.15) is 0 Å². The summed E-state index contributed by atoms with van der Waals surface area (Å²) in [6, 6.07) is -1.10. The zero-order valence-electron chi connectivity index (χ0n) is 11.2. The van der Waals surface area contributed by atoms with Gasteiger partial charge in [0.2, 0.25) is 0 Å². The molecule has 0 fully saturated rings. The first-order chi connectivity index (χ1) is 6.78. The average Bonchev–Trinajstić information content (AvgIpc) is 2.11. The summed E-state index contributed by atoms with van der Waals surface area (Å²) in [5.41, 5.74) is 0. The Hall–Kier alpha value is 1.30. The summed E-state index contributed by atoms with van der Waals surface area (Å²) in [5.74, 6) is -2.28. The number of aliphatic carboxylic acids is 2. The Kier molecular flexibility index (Phi) is 20.4. The third kappa shape index (κ3) is 13.7. The summed E-state index contributed by atoms with van der Waals surface area (Å²) in [4.78, 5) is 30.5. The molecule has 88 valence electrons. The van der Waals surface area contributed by atoms with Gasteiger partial charge in [0.1, 0.15) is 12.5 Å². The van der Waals surface area contributed by atoms with Crippen LogP contribution in [-0.2, 0) is 21.4 Å². The molecule has 0 amide bonds. The van der Waals surface area contributed by atoms with E-state index >= 15 is 0 Å². The fraction of sp³-hybridized carbons (Fsp3) is 0.714. The fourth-order valence-electron chi connectivity index (χ4n) is 0.846. The maximum atomic E-state index is 10.7. The second-order valence-electron chi connectivity index (χ2n) is 2.97. The first-order valence-electron chi connectivity index (χ1n) is 4.32. The summed E-state index contributed by atoms with van der Waals surface area (Å²) >= 11 is 4.76. The van der Waals surface area contributed by atoms with Gasteiger partial charge in [-0.25, -0.2) is 0 Å². The Balaban J connectivity index is -0.000000327. The maximum absolute atomic E-state index is 10.7. The third-order valence-corrected chi connectivity index (χ3v) is 4.39. The zero-order valence-corrected chi connectivity index (χ0v) is 12.9. The SMILES string of the molecule is CCP(O)(=S)N[C@@H](CCC(=O)O)C(=O)O.[Li+].[Li+].[Li+]. The molecule has 11 heteroatoms. The largest absolute Gasteiger partial charge is 1.00 e. The summed E-state index contributed by atoms with van der Waals surface area (Å²) in [5, 5.41) is 19.6. The molecule has 0 rings (SSSR count). The Morgan fingerprint density at radius 1 is 1.28 bits per heavy atom. The Bertz CT molecular complexity index is 307. The molecule has 0 aromatic heterocycles. The van der Waals surface area contributed by atoms with E-state index in [1.54, 1.807) is 6.92 Å². The van der Waals surface area contributed by atoms with Crippen LogP contribution < -0.4 is 61.7 Å². The van der Waals surface area contributed by atoms with Crippen LogP contribution in [0.5, 0.6) is 0 Å². The van der Waals surface area contributed by atoms with E-state index in [4.69, 9.17) is 22.0 Å². The van der Waals surface area contributed by atoms with Crippen LogP contribution in [0, 0.1) is 0 Å². The van der Waals surface area contributed by atoms with Gasteiger partial charge in [0.25, 0.3) is 0 Å². The number of carboxylic acid groups (broad SMARTS) is 2. The number of hydrogen-bond acceptors (Lipinski definition) is 3. The van der Waals surface area contributed by atoms with Crippen LogP contribution in [0.15, 0.2) is 0 Å². The molecule has 0 saturated heterocycles. The quantitative estimate of drug-likeness (QED) is 0.270. The minimum atomic E-state index is -2.83. The second-order valence-corrected chi connectivity index (χ2v) is 7.08. The van der Waals surface area contributed by atoms with Crippen LogP contribution in [0.4, 0.5) is 0 Å². The van der Waals surface area contributed by atoms with Crippen molar-refractivity contribution in [2.45, 2.75) is 25.8 Å². The van der Waals surface area contributed by atoms with Crippen molar-refractivity contribution in [2.75, 3.05) is 6.16 Å². The average molecular weight is 276 g/mol. The van der Waals surface area contributed by atoms with E-state index in [9.17, 15) is 14.5 Å². The van der Waals surface area contributed by atoms with Gasteiger partial charge in [-0.15, -0.1) is 0 Å². The molecule has 0 spiro atoms. The van der Waals surface area contributed by atoms with Gasteiger partial charge in [-0.3, -0.25) is 14.7 Å². The molecule has 0 heterocycles. The first kappa shape index (κ1) is 27.6. The summed E-state index contributed by atoms with van der Waals surface area (Å²) in [6.45, 7) is 1.64. The van der Waals surface area contributed by atoms with E-state index in [1.165, 1.54) is 0 Å². The Morgan fingerprint density at radius 3 is 2.00 bits per heavy atom. The molecule has 0 aliphatic rings. The maximum Gasteiger partial charge on any atom is 1.00 e. The molecule has 0 aliphatic carbocycles. The standard InChI is InChI=1S/C7H14NO5PS.3Li/c1-2-14(13,15)8-5(7(11)12)3-4-6(9)10;;;/h5H,2-4H2,1H3,(H,9,10)(H,11,12)(H2,8,13,15);;;/q;3*+1/t5-,14?;;;/m0.../s1. The van der Waals surface area contributed by atoms with Crippen molar-refractivity contribution in [1.29, 1.82) is 0 Å². The van der Waals surface area contributed by atoms with Crippen molar-refractivity contribution in [3.63, 3.8) is 0 Å². The van der Waals surface area contributed by atoms with Crippen LogP contribution in [0.1, 0.15) is 19.8 Å². The van der Waals surface area contributed by atoms with Crippen LogP contribution in [0.2, 0.25) is 0 Å². The first-order valence-corrected chi connectivity index (χ1v) is 7.26. The third-order valence-electron chi connectivity index (χ3n) is 1.73. The molecular formula is C7H14Li3NO5PS+3. The van der Waals surface area contributed by atoms with E-state index < -0.39 is 24.4 Å². The zero-order chi connectivity index (χ0) is 12.1. The number of nitrogens with one attached hydrogen (secondary N) is 1. The molecule has 2 atom stereocenters. The number of rotatable bonds is 7. The molecule has 6 nitrogen and oxygen atoms in total. The summed E-state index contributed by atoms with van der Waals surface area (Å²) in [6.07, 6.45) is -2.94. The molecule has 0 aromatic rings. The van der Waals surface area contributed by atoms with Crippen molar-refractivity contribution in [2.24, 2.45) is 0 Å². The van der Waals surface area contributed by atoms with E-state index in [0.717, 1.165) is 0 Å². The normalized spacial score (nSPS) is 13.9. The van der Waals surface area contributed by atoms with Crippen LogP contribution in [0.25, 0.3) is 0 Å². The van der Waals surface area contributed by atoms with Crippen molar-refractivity contribution >= 4 is 30.2 Å². The van der Waals surface area contributed by atoms with Gasteiger partial charge in [-0.05, 0) is 6.42 Å². The minimum Gasteiger partial charge on any atom is -0.481 e. The molecule has 0 aliphatic heterocycles. The second kappa shape index (κ2) is 13.3. The number of hydrogen-bond donors (Lipinski definition) is 4. The van der Waals surface area contributed by atoms with Gasteiger partial charge in [-0.1, -0.05) is 18.7 Å². The van der Waals surface area contributed by atoms with Gasteiger partial charge < -0.3 is 15.1 Å². The molecule has 0 aromatic carbocycles. The summed E-state index contributed by atoms with van der Waals surface area (Å²) in [7, 11) is 0. The molecule has 18 heavy (non-hydrogen) atoms. The van der Waals surface area contributed by atoms with Gasteiger partial charge in [0.05, 0.1) is 0 Å². The van der Waals surface area contributed by atoms with Crippen molar-refractivity contribution in [1.82, 2.24) is 5.09 Å². The minimum absolute atomic E-state index is 0. The van der Waals surface area contributed by atoms with Crippen LogP contribution in [-0.4, -0.2) is 39.2 Å². The predicted octanol–water partition coefficient (Wildman–Crippen LogP) is -8.77. The monoisotopic (exact) mass is 276 g/mol. The molecule has 0 saturated carbocycles. The molecule has 0 bridgehead atoms. The molecule has 0 radical (unpaired) electrons. The van der Waals surface area contributed by atoms with Crippen molar-refractivity contribution < 1.29 is 81.3 Å². The van der Waals surface area contributed by atoms with E-state index in [-0.39, 0.29) is 75.6 Å². The fourth-order valence-corrected chi connectivity index (χ4v) is 2.14. The number of carboxylic acids is 2. The molecular weight excluding hydrogens is 262 g/mol. The summed E-state index contributed by atoms with van der Waals surface area (Å²) < 4.78 is 0. The van der Waals surface area contributed by atoms with Crippen molar-refractivity contribution in [3.05, 3.63) is 0 Å². The van der Waals surface area contributed by atoms with E-state index in [1.807, 2.05) is 0 Å². The molecule has 1 unspecified atom stereocenters.